The fourth-order valence-corrected chi connectivity index (χ4v) is 6.27. The van der Waals surface area contributed by atoms with Crippen LogP contribution >= 0.6 is 22.9 Å². The number of halogens is 2. The quantitative estimate of drug-likeness (QED) is 0.829. The predicted molar refractivity (Wildman–Crippen MR) is 86.3 cm³/mol. The van der Waals surface area contributed by atoms with Gasteiger partial charge in [0.2, 0.25) is 0 Å². The summed E-state index contributed by atoms with van der Waals surface area (Å²) in [6, 6.07) is 7.71. The Morgan fingerprint density at radius 3 is 2.64 bits per heavy atom. The summed E-state index contributed by atoms with van der Waals surface area (Å²) in [5, 5.41) is 1.96. The summed E-state index contributed by atoms with van der Waals surface area (Å²) in [6.45, 7) is 0.502. The lowest BCUT2D eigenvalue weighted by Crippen LogP contribution is -2.36. The van der Waals surface area contributed by atoms with E-state index in [0.717, 1.165) is 29.7 Å². The molecule has 3 rings (SSSR count). The molecule has 1 atom stereocenters. The summed E-state index contributed by atoms with van der Waals surface area (Å²) in [5.41, 5.74) is 0.936. The minimum Gasteiger partial charge on any atom is -0.207 e. The standard InChI is InChI=1S/C15H15ClFNO2S2/c16-14-7-9-21-15(14)22(19,20)18-8-1-2-13(18)10-11-3-5-12(17)6-4-11/h3-7,9,13H,1-2,8,10H2. The van der Waals surface area contributed by atoms with Gasteiger partial charge in [-0.1, -0.05) is 23.7 Å². The molecule has 0 aliphatic carbocycles. The molecule has 22 heavy (non-hydrogen) atoms. The van der Waals surface area contributed by atoms with Gasteiger partial charge in [0.1, 0.15) is 5.82 Å². The molecule has 0 bridgehead atoms. The molecule has 7 heteroatoms. The molecule has 1 aromatic heterocycles. The van der Waals surface area contributed by atoms with Crippen molar-refractivity contribution in [3.63, 3.8) is 0 Å². The number of hydrogen-bond donors (Lipinski definition) is 0. The molecule has 3 nitrogen and oxygen atoms in total. The molecule has 2 heterocycles. The van der Waals surface area contributed by atoms with Crippen molar-refractivity contribution in [2.45, 2.75) is 29.5 Å². The minimum absolute atomic E-state index is 0.103. The molecule has 0 saturated carbocycles. The first kappa shape index (κ1) is 15.9. The molecule has 0 spiro atoms. The maximum Gasteiger partial charge on any atom is 0.254 e. The molecule has 1 aliphatic heterocycles. The fraction of sp³-hybridized carbons (Fsp3) is 0.333. The van der Waals surface area contributed by atoms with Gasteiger partial charge in [-0.2, -0.15) is 4.31 Å². The second-order valence-electron chi connectivity index (χ2n) is 5.30. The average molecular weight is 360 g/mol. The van der Waals surface area contributed by atoms with E-state index < -0.39 is 10.0 Å². The third-order valence-corrected chi connectivity index (χ3v) is 7.79. The number of rotatable bonds is 4. The van der Waals surface area contributed by atoms with Crippen molar-refractivity contribution in [3.8, 4) is 0 Å². The fourth-order valence-electron chi connectivity index (χ4n) is 2.79. The highest BCUT2D eigenvalue weighted by molar-refractivity contribution is 7.91. The molecule has 1 unspecified atom stereocenters. The van der Waals surface area contributed by atoms with Gasteiger partial charge in [-0.25, -0.2) is 12.8 Å². The van der Waals surface area contributed by atoms with Crippen LogP contribution in [0.5, 0.6) is 0 Å². The van der Waals surface area contributed by atoms with E-state index in [-0.39, 0.29) is 21.1 Å². The number of thiophene rings is 1. The Labute approximate surface area is 138 Å². The molecule has 1 saturated heterocycles. The molecule has 1 aliphatic rings. The summed E-state index contributed by atoms with van der Waals surface area (Å²) in [5.74, 6) is -0.287. The third-order valence-electron chi connectivity index (χ3n) is 3.84. The Hall–Kier alpha value is -0.950. The third kappa shape index (κ3) is 3.06. The lowest BCUT2D eigenvalue weighted by molar-refractivity contribution is 0.386. The van der Waals surface area contributed by atoms with Crippen molar-refractivity contribution in [2.75, 3.05) is 6.54 Å². The Kier molecular flexibility index (Phi) is 4.54. The van der Waals surface area contributed by atoms with E-state index in [2.05, 4.69) is 0 Å². The van der Waals surface area contributed by atoms with E-state index in [1.807, 2.05) is 0 Å². The monoisotopic (exact) mass is 359 g/mol. The van der Waals surface area contributed by atoms with Crippen molar-refractivity contribution in [3.05, 3.63) is 52.1 Å². The second-order valence-corrected chi connectivity index (χ2v) is 8.71. The normalized spacial score (nSPS) is 19.6. The first-order valence-corrected chi connectivity index (χ1v) is 9.67. The molecule has 0 radical (unpaired) electrons. The molecular formula is C15H15ClFNO2S2. The van der Waals surface area contributed by atoms with Crippen molar-refractivity contribution >= 4 is 33.0 Å². The maximum absolute atomic E-state index is 13.0. The highest BCUT2D eigenvalue weighted by atomic mass is 35.5. The van der Waals surface area contributed by atoms with Crippen LogP contribution in [0, 0.1) is 5.82 Å². The zero-order chi connectivity index (χ0) is 15.7. The summed E-state index contributed by atoms with van der Waals surface area (Å²) in [6.07, 6.45) is 2.22. The van der Waals surface area contributed by atoms with Gasteiger partial charge in [-0.15, -0.1) is 11.3 Å². The largest absolute Gasteiger partial charge is 0.254 e. The lowest BCUT2D eigenvalue weighted by Gasteiger charge is -2.23. The van der Waals surface area contributed by atoms with E-state index in [4.69, 9.17) is 11.6 Å². The van der Waals surface area contributed by atoms with Gasteiger partial charge in [0.15, 0.2) is 4.21 Å². The first-order chi connectivity index (χ1) is 10.5. The summed E-state index contributed by atoms with van der Waals surface area (Å²) in [4.78, 5) is 0. The van der Waals surface area contributed by atoms with Crippen molar-refractivity contribution in [2.24, 2.45) is 0 Å². The Morgan fingerprint density at radius 2 is 2.00 bits per heavy atom. The van der Waals surface area contributed by atoms with Crippen LogP contribution in [0.25, 0.3) is 0 Å². The molecule has 1 fully saturated rings. The van der Waals surface area contributed by atoms with Gasteiger partial charge in [0, 0.05) is 12.6 Å². The SMILES string of the molecule is O=S(=O)(c1sccc1Cl)N1CCCC1Cc1ccc(F)cc1. The van der Waals surface area contributed by atoms with Crippen LogP contribution in [0.15, 0.2) is 39.9 Å². The van der Waals surface area contributed by atoms with Gasteiger partial charge >= 0.3 is 0 Å². The number of hydrogen-bond acceptors (Lipinski definition) is 3. The molecule has 2 aromatic rings. The summed E-state index contributed by atoms with van der Waals surface area (Å²) in [7, 11) is -3.56. The van der Waals surface area contributed by atoms with Gasteiger partial charge in [-0.3, -0.25) is 0 Å². The van der Waals surface area contributed by atoms with E-state index in [0.29, 0.717) is 13.0 Å². The Morgan fingerprint density at radius 1 is 1.27 bits per heavy atom. The van der Waals surface area contributed by atoms with Crippen LogP contribution in [0.4, 0.5) is 4.39 Å². The number of benzene rings is 1. The van der Waals surface area contributed by atoms with Crippen molar-refractivity contribution in [1.82, 2.24) is 4.31 Å². The Bertz CT molecular complexity index is 758. The van der Waals surface area contributed by atoms with Crippen LogP contribution in [0.3, 0.4) is 0 Å². The topological polar surface area (TPSA) is 37.4 Å². The van der Waals surface area contributed by atoms with Crippen LogP contribution in [-0.2, 0) is 16.4 Å². The number of nitrogens with zero attached hydrogens (tertiary/aromatic N) is 1. The van der Waals surface area contributed by atoms with Gasteiger partial charge in [0.05, 0.1) is 5.02 Å². The lowest BCUT2D eigenvalue weighted by atomic mass is 10.0. The van der Waals surface area contributed by atoms with Crippen LogP contribution in [0.1, 0.15) is 18.4 Å². The van der Waals surface area contributed by atoms with E-state index in [9.17, 15) is 12.8 Å². The van der Waals surface area contributed by atoms with Gasteiger partial charge < -0.3 is 0 Å². The second kappa shape index (κ2) is 6.28. The first-order valence-electron chi connectivity index (χ1n) is 6.98. The summed E-state index contributed by atoms with van der Waals surface area (Å²) < 4.78 is 40.2. The van der Waals surface area contributed by atoms with Crippen molar-refractivity contribution < 1.29 is 12.8 Å². The molecule has 0 N–H and O–H groups in total. The molecule has 118 valence electrons. The highest BCUT2D eigenvalue weighted by Crippen LogP contribution is 2.34. The van der Waals surface area contributed by atoms with E-state index in [1.165, 1.54) is 16.4 Å². The van der Waals surface area contributed by atoms with Gasteiger partial charge in [0.25, 0.3) is 10.0 Å². The van der Waals surface area contributed by atoms with E-state index in [1.54, 1.807) is 23.6 Å². The number of sulfonamides is 1. The molecular weight excluding hydrogens is 345 g/mol. The smallest absolute Gasteiger partial charge is 0.207 e. The highest BCUT2D eigenvalue weighted by Gasteiger charge is 2.36. The van der Waals surface area contributed by atoms with Gasteiger partial charge in [-0.05, 0) is 48.4 Å². The van der Waals surface area contributed by atoms with Crippen LogP contribution in [-0.4, -0.2) is 25.3 Å². The van der Waals surface area contributed by atoms with E-state index >= 15 is 0 Å². The molecule has 0 amide bonds. The predicted octanol–water partition coefficient (Wildman–Crippen LogP) is 3.94. The minimum atomic E-state index is -3.56. The average Bonchev–Trinajstić information content (AvgIpc) is 3.11. The Balaban J connectivity index is 1.84. The molecule has 1 aromatic carbocycles. The zero-order valence-electron chi connectivity index (χ0n) is 11.7. The maximum atomic E-state index is 13.0. The van der Waals surface area contributed by atoms with Crippen molar-refractivity contribution in [1.29, 1.82) is 0 Å². The zero-order valence-corrected chi connectivity index (χ0v) is 14.1. The summed E-state index contributed by atoms with van der Waals surface area (Å²) >= 11 is 7.13. The van der Waals surface area contributed by atoms with Crippen LogP contribution in [0.2, 0.25) is 5.02 Å². The van der Waals surface area contributed by atoms with Crippen LogP contribution < -0.4 is 0 Å².